The lowest BCUT2D eigenvalue weighted by Gasteiger charge is -2.63. The van der Waals surface area contributed by atoms with Crippen LogP contribution in [-0.4, -0.2) is 41.0 Å². The van der Waals surface area contributed by atoms with E-state index in [9.17, 15) is 18.0 Å². The molecule has 1 aliphatic heterocycles. The van der Waals surface area contributed by atoms with Gasteiger partial charge in [-0.25, -0.2) is 18.2 Å². The van der Waals surface area contributed by atoms with Crippen LogP contribution in [0.1, 0.15) is 38.5 Å². The lowest BCUT2D eigenvalue weighted by Crippen LogP contribution is -2.73. The van der Waals surface area contributed by atoms with Crippen LogP contribution in [0.3, 0.4) is 0 Å². The highest BCUT2D eigenvalue weighted by Gasteiger charge is 2.70. The highest BCUT2D eigenvalue weighted by molar-refractivity contribution is 6.27. The largest absolute Gasteiger partial charge is 0.317 e. The second-order valence-electron chi connectivity index (χ2n) is 7.13. The minimum atomic E-state index is -1.79. The fourth-order valence-electron chi connectivity index (χ4n) is 5.14. The number of hydrogen-bond acceptors (Lipinski definition) is 3. The van der Waals surface area contributed by atoms with Gasteiger partial charge < -0.3 is 5.32 Å². The third-order valence-electron chi connectivity index (χ3n) is 4.93. The number of nitrogens with one attached hydrogen (secondary N) is 2. The van der Waals surface area contributed by atoms with Gasteiger partial charge in [-0.1, -0.05) is 0 Å². The fourth-order valence-corrected chi connectivity index (χ4v) is 5.14. The van der Waals surface area contributed by atoms with Crippen molar-refractivity contribution < 1.29 is 18.0 Å². The summed E-state index contributed by atoms with van der Waals surface area (Å²) in [6.45, 7) is 0. The number of carbonyl (C=O) groups is 1. The molecule has 110 valence electrons. The molecule has 4 nitrogen and oxygen atoms in total. The molecule has 20 heavy (non-hydrogen) atoms. The summed E-state index contributed by atoms with van der Waals surface area (Å²) in [5.41, 5.74) is -6.35. The van der Waals surface area contributed by atoms with Crippen LogP contribution in [0.4, 0.5) is 13.2 Å². The van der Waals surface area contributed by atoms with Gasteiger partial charge >= 0.3 is 0 Å². The molecule has 1 amide bonds. The first kappa shape index (κ1) is 12.6. The molecular formula is C13H16F3N3O. The monoisotopic (exact) mass is 287 g/mol. The Balaban J connectivity index is 1.65. The first-order chi connectivity index (χ1) is 9.21. The molecular weight excluding hydrogens is 271 g/mol. The number of nitrogens with zero attached hydrogens (tertiary/aromatic N) is 1. The highest BCUT2D eigenvalue weighted by Crippen LogP contribution is 2.64. The molecule has 4 fully saturated rings. The fraction of sp³-hybridized carbons (Fsp3) is 0.846. The maximum absolute atomic E-state index is 14.7. The van der Waals surface area contributed by atoms with Crippen molar-refractivity contribution in [1.82, 2.24) is 10.6 Å². The van der Waals surface area contributed by atoms with E-state index in [0.29, 0.717) is 0 Å². The Kier molecular flexibility index (Phi) is 2.13. The Hall–Kier alpha value is -1.11. The predicted molar refractivity (Wildman–Crippen MR) is 65.5 cm³/mol. The van der Waals surface area contributed by atoms with Gasteiger partial charge in [0.25, 0.3) is 5.91 Å². The second kappa shape index (κ2) is 3.37. The molecule has 0 spiro atoms. The van der Waals surface area contributed by atoms with Crippen LogP contribution >= 0.6 is 0 Å². The van der Waals surface area contributed by atoms with E-state index in [1.165, 1.54) is 0 Å². The molecule has 2 N–H and O–H groups in total. The number of halogens is 3. The zero-order chi connectivity index (χ0) is 14.2. The van der Waals surface area contributed by atoms with Crippen molar-refractivity contribution >= 4 is 12.1 Å². The SMILES string of the molecule is O=C1C=NC(NC23CC4(F)CC(F)(CC(F)(C4)C2)C3)N1. The van der Waals surface area contributed by atoms with Gasteiger partial charge in [0.15, 0.2) is 6.29 Å². The van der Waals surface area contributed by atoms with Crippen LogP contribution < -0.4 is 10.6 Å². The van der Waals surface area contributed by atoms with Crippen molar-refractivity contribution in [2.75, 3.05) is 0 Å². The Morgan fingerprint density at radius 2 is 1.55 bits per heavy atom. The van der Waals surface area contributed by atoms with Crippen LogP contribution in [0.25, 0.3) is 0 Å². The zero-order valence-electron chi connectivity index (χ0n) is 10.9. The Labute approximate surface area is 114 Å². The van der Waals surface area contributed by atoms with Crippen molar-refractivity contribution in [2.24, 2.45) is 4.99 Å². The van der Waals surface area contributed by atoms with E-state index in [1.54, 1.807) is 0 Å². The minimum absolute atomic E-state index is 0.0826. The third kappa shape index (κ3) is 1.78. The average molecular weight is 287 g/mol. The van der Waals surface area contributed by atoms with E-state index in [-0.39, 0.29) is 44.4 Å². The van der Waals surface area contributed by atoms with Crippen molar-refractivity contribution in [2.45, 2.75) is 67.4 Å². The summed E-state index contributed by atoms with van der Waals surface area (Å²) in [5, 5.41) is 5.51. The number of carbonyl (C=O) groups excluding carboxylic acids is 1. The van der Waals surface area contributed by atoms with Gasteiger partial charge in [0.2, 0.25) is 0 Å². The van der Waals surface area contributed by atoms with Gasteiger partial charge in [-0.05, 0) is 0 Å². The third-order valence-corrected chi connectivity index (χ3v) is 4.93. The molecule has 0 radical (unpaired) electrons. The second-order valence-corrected chi connectivity index (χ2v) is 7.13. The molecule has 4 aliphatic carbocycles. The maximum atomic E-state index is 14.7. The lowest BCUT2D eigenvalue weighted by atomic mass is 9.49. The summed E-state index contributed by atoms with van der Waals surface area (Å²) < 4.78 is 44.2. The van der Waals surface area contributed by atoms with Gasteiger partial charge in [0.1, 0.15) is 17.0 Å². The van der Waals surface area contributed by atoms with E-state index < -0.39 is 28.8 Å². The topological polar surface area (TPSA) is 53.5 Å². The van der Waals surface area contributed by atoms with E-state index >= 15 is 0 Å². The quantitative estimate of drug-likeness (QED) is 0.804. The van der Waals surface area contributed by atoms with Crippen LogP contribution in [-0.2, 0) is 4.79 Å². The Morgan fingerprint density at radius 3 is 1.95 bits per heavy atom. The van der Waals surface area contributed by atoms with Crippen molar-refractivity contribution in [1.29, 1.82) is 0 Å². The molecule has 1 atom stereocenters. The average Bonchev–Trinajstić information content (AvgIpc) is 2.54. The van der Waals surface area contributed by atoms with Gasteiger partial charge in [0, 0.05) is 44.1 Å². The molecule has 4 saturated carbocycles. The van der Waals surface area contributed by atoms with Gasteiger partial charge in [-0.2, -0.15) is 0 Å². The van der Waals surface area contributed by atoms with Crippen molar-refractivity contribution in [3.8, 4) is 0 Å². The zero-order valence-corrected chi connectivity index (χ0v) is 10.9. The summed E-state index contributed by atoms with van der Waals surface area (Å²) >= 11 is 0. The lowest BCUT2D eigenvalue weighted by molar-refractivity contribution is -0.198. The van der Waals surface area contributed by atoms with E-state index in [1.807, 2.05) is 0 Å². The van der Waals surface area contributed by atoms with Crippen LogP contribution in [0.5, 0.6) is 0 Å². The predicted octanol–water partition coefficient (Wildman–Crippen LogP) is 1.31. The number of hydrogen-bond donors (Lipinski definition) is 2. The molecule has 0 aromatic carbocycles. The first-order valence-corrected chi connectivity index (χ1v) is 6.90. The summed E-state index contributed by atoms with van der Waals surface area (Å²) in [6, 6.07) is 0. The van der Waals surface area contributed by atoms with E-state index in [2.05, 4.69) is 15.6 Å². The summed E-state index contributed by atoms with van der Waals surface area (Å²) in [6.07, 6.45) is 0.0204. The maximum Gasteiger partial charge on any atom is 0.264 e. The normalized spacial score (nSPS) is 56.4. The molecule has 0 aromatic heterocycles. The standard InChI is InChI=1S/C13H16F3N3O/c14-10-2-11(15)4-12(16,3-10)7-13(5-10,6-11)19-9-17-1-8(20)18-9/h1,9,19H,2-7H2,(H,18,20). The van der Waals surface area contributed by atoms with Crippen molar-refractivity contribution in [3.63, 3.8) is 0 Å². The van der Waals surface area contributed by atoms with Crippen LogP contribution in [0.15, 0.2) is 4.99 Å². The number of amides is 1. The van der Waals surface area contributed by atoms with Crippen LogP contribution in [0, 0.1) is 0 Å². The number of alkyl halides is 3. The van der Waals surface area contributed by atoms with Crippen LogP contribution in [0.2, 0.25) is 0 Å². The molecule has 5 aliphatic rings. The minimum Gasteiger partial charge on any atom is -0.317 e. The smallest absolute Gasteiger partial charge is 0.264 e. The number of aliphatic imine (C=N–C) groups is 1. The molecule has 1 heterocycles. The van der Waals surface area contributed by atoms with E-state index in [0.717, 1.165) is 6.21 Å². The Morgan fingerprint density at radius 1 is 1.05 bits per heavy atom. The molecule has 4 bridgehead atoms. The first-order valence-electron chi connectivity index (χ1n) is 6.90. The highest BCUT2D eigenvalue weighted by atomic mass is 19.2. The molecule has 0 saturated heterocycles. The molecule has 0 aromatic rings. The van der Waals surface area contributed by atoms with Gasteiger partial charge in [-0.15, -0.1) is 0 Å². The van der Waals surface area contributed by atoms with Gasteiger partial charge in [0.05, 0.1) is 6.21 Å². The molecule has 5 rings (SSSR count). The van der Waals surface area contributed by atoms with E-state index in [4.69, 9.17) is 0 Å². The summed E-state index contributed by atoms with van der Waals surface area (Å²) in [4.78, 5) is 15.0. The Bertz CT molecular complexity index is 469. The summed E-state index contributed by atoms with van der Waals surface area (Å²) in [7, 11) is 0. The molecule has 1 unspecified atom stereocenters. The van der Waals surface area contributed by atoms with Crippen molar-refractivity contribution in [3.05, 3.63) is 0 Å². The van der Waals surface area contributed by atoms with Gasteiger partial charge in [-0.3, -0.25) is 10.1 Å². The molecule has 7 heteroatoms. The number of rotatable bonds is 2. The summed E-state index contributed by atoms with van der Waals surface area (Å²) in [5.74, 6) is -0.355.